The van der Waals surface area contributed by atoms with E-state index in [1.54, 1.807) is 26.2 Å². The Morgan fingerprint density at radius 2 is 2.20 bits per heavy atom. The molecule has 0 saturated heterocycles. The molecule has 0 spiro atoms. The van der Waals surface area contributed by atoms with Crippen LogP contribution in [0.1, 0.15) is 21.7 Å². The van der Waals surface area contributed by atoms with E-state index in [1.165, 1.54) is 10.9 Å². The van der Waals surface area contributed by atoms with Crippen molar-refractivity contribution in [3.8, 4) is 11.6 Å². The lowest BCUT2D eigenvalue weighted by atomic mass is 10.2. The van der Waals surface area contributed by atoms with Gasteiger partial charge in [-0.15, -0.1) is 5.10 Å². The van der Waals surface area contributed by atoms with Gasteiger partial charge in [0.1, 0.15) is 5.75 Å². The van der Waals surface area contributed by atoms with Crippen molar-refractivity contribution >= 4 is 17.9 Å². The van der Waals surface area contributed by atoms with Crippen molar-refractivity contribution in [1.82, 2.24) is 30.7 Å². The molecular weight excluding hydrogens is 328 g/mol. The van der Waals surface area contributed by atoms with Crippen LogP contribution in [0.25, 0.3) is 5.82 Å². The zero-order valence-electron chi connectivity index (χ0n) is 13.4. The molecule has 0 saturated carbocycles. The highest BCUT2D eigenvalue weighted by Crippen LogP contribution is 2.15. The first-order valence-electron chi connectivity index (χ1n) is 7.09. The third-order valence-electron chi connectivity index (χ3n) is 3.31. The fourth-order valence-corrected chi connectivity index (χ4v) is 2.06. The van der Waals surface area contributed by atoms with Crippen LogP contribution in [0, 0.1) is 6.92 Å². The van der Waals surface area contributed by atoms with E-state index in [4.69, 9.17) is 10.5 Å². The van der Waals surface area contributed by atoms with Gasteiger partial charge in [0.2, 0.25) is 11.6 Å². The lowest BCUT2D eigenvalue weighted by molar-refractivity contribution is 0.0949. The van der Waals surface area contributed by atoms with Crippen LogP contribution in [0.5, 0.6) is 5.75 Å². The first-order valence-corrected chi connectivity index (χ1v) is 7.09. The van der Waals surface area contributed by atoms with Crippen molar-refractivity contribution in [3.63, 3.8) is 0 Å². The Kier molecular flexibility index (Phi) is 4.37. The van der Waals surface area contributed by atoms with Gasteiger partial charge in [-0.3, -0.25) is 4.79 Å². The monoisotopic (exact) mass is 342 g/mol. The summed E-state index contributed by atoms with van der Waals surface area (Å²) < 4.78 is 11.0. The van der Waals surface area contributed by atoms with Gasteiger partial charge in [-0.25, -0.2) is 10.1 Å². The quantitative estimate of drug-likeness (QED) is 0.497. The number of carbonyl (C=O) groups is 1. The van der Waals surface area contributed by atoms with Gasteiger partial charge >= 0.3 is 0 Å². The second kappa shape index (κ2) is 6.78. The summed E-state index contributed by atoms with van der Waals surface area (Å²) in [5, 5.41) is 18.6. The maximum Gasteiger partial charge on any atom is 0.293 e. The molecule has 3 N–H and O–H groups in total. The summed E-state index contributed by atoms with van der Waals surface area (Å²) in [6.07, 6.45) is 1.47. The van der Waals surface area contributed by atoms with Crippen LogP contribution < -0.4 is 15.9 Å². The Morgan fingerprint density at radius 1 is 1.40 bits per heavy atom. The molecule has 1 amide bonds. The number of hydrogen-bond donors (Lipinski definition) is 2. The first-order chi connectivity index (χ1) is 12.1. The number of nitrogens with two attached hydrogens (primary N) is 1. The zero-order valence-corrected chi connectivity index (χ0v) is 13.4. The molecule has 0 aliphatic rings. The molecule has 0 atom stereocenters. The second-order valence-electron chi connectivity index (χ2n) is 4.85. The number of nitrogens with one attached hydrogen (secondary N) is 1. The Bertz CT molecular complexity index is 930. The summed E-state index contributed by atoms with van der Waals surface area (Å²) in [6.45, 7) is 1.63. The molecule has 0 bridgehead atoms. The molecule has 3 rings (SSSR count). The highest BCUT2D eigenvalue weighted by molar-refractivity contribution is 5.94. The molecule has 128 valence electrons. The van der Waals surface area contributed by atoms with Crippen LogP contribution in [0.15, 0.2) is 34.0 Å². The lowest BCUT2D eigenvalue weighted by Crippen LogP contribution is -2.19. The molecule has 0 aliphatic heterocycles. The van der Waals surface area contributed by atoms with E-state index in [9.17, 15) is 4.79 Å². The number of anilines is 1. The molecule has 11 nitrogen and oxygen atoms in total. The maximum atomic E-state index is 12.2. The number of ether oxygens (including phenoxy) is 1. The van der Waals surface area contributed by atoms with Crippen molar-refractivity contribution in [2.45, 2.75) is 6.92 Å². The average molecular weight is 342 g/mol. The average Bonchev–Trinajstić information content (AvgIpc) is 3.20. The van der Waals surface area contributed by atoms with Gasteiger partial charge in [0.05, 0.1) is 19.0 Å². The number of nitrogen functional groups attached to an aromatic ring is 1. The summed E-state index contributed by atoms with van der Waals surface area (Å²) in [6, 6.07) is 7.25. The number of aromatic nitrogens is 5. The molecule has 0 radical (unpaired) electrons. The van der Waals surface area contributed by atoms with E-state index in [0.29, 0.717) is 17.0 Å². The SMILES string of the molecule is COc1ccccc1C=NNC(=O)c1nnn(-c2nonc2N)c1C. The normalized spacial score (nSPS) is 11.0. The molecular formula is C14H14N8O3. The number of para-hydroxylation sites is 1. The minimum atomic E-state index is -0.537. The smallest absolute Gasteiger partial charge is 0.293 e. The topological polar surface area (TPSA) is 146 Å². The molecule has 2 aromatic heterocycles. The predicted molar refractivity (Wildman–Crippen MR) is 86.4 cm³/mol. The highest BCUT2D eigenvalue weighted by Gasteiger charge is 2.20. The molecule has 1 aromatic carbocycles. The summed E-state index contributed by atoms with van der Waals surface area (Å²) in [4.78, 5) is 12.2. The van der Waals surface area contributed by atoms with E-state index in [1.807, 2.05) is 12.1 Å². The standard InChI is InChI=1S/C14H14N8O3/c1-8-11(17-21-22(8)13-12(15)19-25-20-13)14(23)18-16-7-9-5-3-4-6-10(9)24-2/h3-7H,1-2H3,(H2,15,19)(H,18,23). The van der Waals surface area contributed by atoms with Crippen LogP contribution in [0.3, 0.4) is 0 Å². The Balaban J connectivity index is 1.75. The Hall–Kier alpha value is -3.76. The van der Waals surface area contributed by atoms with Crippen LogP contribution in [-0.2, 0) is 0 Å². The van der Waals surface area contributed by atoms with Gasteiger partial charge in [0.15, 0.2) is 5.69 Å². The minimum absolute atomic E-state index is 0.0363. The molecule has 0 aliphatic carbocycles. The predicted octanol–water partition coefficient (Wildman–Crippen LogP) is 0.313. The van der Waals surface area contributed by atoms with Crippen LogP contribution >= 0.6 is 0 Å². The third kappa shape index (κ3) is 3.15. The number of hydrogen-bond acceptors (Lipinski definition) is 9. The van der Waals surface area contributed by atoms with Crippen molar-refractivity contribution in [2.24, 2.45) is 5.10 Å². The number of benzene rings is 1. The van der Waals surface area contributed by atoms with Gasteiger partial charge in [-0.05, 0) is 29.4 Å². The molecule has 0 unspecified atom stereocenters. The second-order valence-corrected chi connectivity index (χ2v) is 4.85. The van der Waals surface area contributed by atoms with E-state index in [2.05, 4.69) is 35.8 Å². The molecule has 2 heterocycles. The molecule has 0 fully saturated rings. The third-order valence-corrected chi connectivity index (χ3v) is 3.31. The van der Waals surface area contributed by atoms with Crippen molar-refractivity contribution in [2.75, 3.05) is 12.8 Å². The number of carbonyl (C=O) groups excluding carboxylic acids is 1. The van der Waals surface area contributed by atoms with E-state index < -0.39 is 5.91 Å². The van der Waals surface area contributed by atoms with Crippen molar-refractivity contribution in [1.29, 1.82) is 0 Å². The minimum Gasteiger partial charge on any atom is -0.496 e. The van der Waals surface area contributed by atoms with Gasteiger partial charge in [0, 0.05) is 5.56 Å². The Labute approximate surface area is 141 Å². The van der Waals surface area contributed by atoms with Gasteiger partial charge in [-0.2, -0.15) is 9.78 Å². The van der Waals surface area contributed by atoms with Crippen LogP contribution in [-0.4, -0.2) is 44.5 Å². The summed E-state index contributed by atoms with van der Waals surface area (Å²) in [5.41, 5.74) is 9.18. The van der Waals surface area contributed by atoms with Crippen LogP contribution in [0.2, 0.25) is 0 Å². The van der Waals surface area contributed by atoms with E-state index >= 15 is 0 Å². The molecule has 11 heteroatoms. The largest absolute Gasteiger partial charge is 0.496 e. The molecule has 25 heavy (non-hydrogen) atoms. The van der Waals surface area contributed by atoms with E-state index in [0.717, 1.165) is 0 Å². The Morgan fingerprint density at radius 3 is 2.92 bits per heavy atom. The number of rotatable bonds is 5. The molecule has 3 aromatic rings. The zero-order chi connectivity index (χ0) is 17.8. The first kappa shape index (κ1) is 16.1. The number of nitrogens with zero attached hydrogens (tertiary/aromatic N) is 6. The summed E-state index contributed by atoms with van der Waals surface area (Å²) >= 11 is 0. The van der Waals surface area contributed by atoms with Gasteiger partial charge in [0.25, 0.3) is 5.91 Å². The number of hydrazone groups is 1. The number of methoxy groups -OCH3 is 1. The fourth-order valence-electron chi connectivity index (χ4n) is 2.06. The summed E-state index contributed by atoms with van der Waals surface area (Å²) in [5.74, 6) is 0.289. The lowest BCUT2D eigenvalue weighted by Gasteiger charge is -2.03. The number of amides is 1. The fraction of sp³-hybridized carbons (Fsp3) is 0.143. The van der Waals surface area contributed by atoms with Gasteiger partial charge in [-0.1, -0.05) is 17.3 Å². The van der Waals surface area contributed by atoms with Crippen molar-refractivity contribution < 1.29 is 14.2 Å². The van der Waals surface area contributed by atoms with Crippen molar-refractivity contribution in [3.05, 3.63) is 41.2 Å². The highest BCUT2D eigenvalue weighted by atomic mass is 16.6. The van der Waals surface area contributed by atoms with Gasteiger partial charge < -0.3 is 10.5 Å². The van der Waals surface area contributed by atoms with E-state index in [-0.39, 0.29) is 17.3 Å². The van der Waals surface area contributed by atoms with Crippen LogP contribution in [0.4, 0.5) is 5.82 Å². The maximum absolute atomic E-state index is 12.2. The summed E-state index contributed by atoms with van der Waals surface area (Å²) in [7, 11) is 1.55.